The van der Waals surface area contributed by atoms with Gasteiger partial charge in [0.25, 0.3) is 5.91 Å². The second kappa shape index (κ2) is 5.78. The fraction of sp³-hybridized carbons (Fsp3) is 0.400. The topological polar surface area (TPSA) is 51.5 Å². The summed E-state index contributed by atoms with van der Waals surface area (Å²) in [5.74, 6) is 0.999. The molecule has 1 heterocycles. The molecular formula is C15H19NO3. The summed E-state index contributed by atoms with van der Waals surface area (Å²) in [4.78, 5) is 12.1. The lowest BCUT2D eigenvalue weighted by atomic mass is 10.1. The molecule has 0 saturated carbocycles. The summed E-state index contributed by atoms with van der Waals surface area (Å²) in [6, 6.07) is 5.35. The van der Waals surface area contributed by atoms with Crippen LogP contribution in [0.25, 0.3) is 11.0 Å². The molecule has 1 aromatic heterocycles. The van der Waals surface area contributed by atoms with Gasteiger partial charge < -0.3 is 14.5 Å². The Bertz CT molecular complexity index is 572. The lowest BCUT2D eigenvalue weighted by Gasteiger charge is -2.10. The maximum atomic E-state index is 12.1. The van der Waals surface area contributed by atoms with Crippen LogP contribution in [0.2, 0.25) is 0 Å². The first-order chi connectivity index (χ1) is 9.11. The van der Waals surface area contributed by atoms with Gasteiger partial charge in [-0.15, -0.1) is 0 Å². The molecule has 0 spiro atoms. The summed E-state index contributed by atoms with van der Waals surface area (Å²) in [6.07, 6.45) is 1.60. The maximum absolute atomic E-state index is 12.1. The number of carbonyl (C=O) groups excluding carboxylic acids is 1. The zero-order valence-electron chi connectivity index (χ0n) is 11.5. The van der Waals surface area contributed by atoms with Crippen molar-refractivity contribution in [2.45, 2.75) is 20.8 Å². The van der Waals surface area contributed by atoms with Gasteiger partial charge in [-0.05, 0) is 31.0 Å². The van der Waals surface area contributed by atoms with Gasteiger partial charge in [0.1, 0.15) is 11.3 Å². The van der Waals surface area contributed by atoms with Crippen LogP contribution in [0.1, 0.15) is 31.1 Å². The van der Waals surface area contributed by atoms with Crippen molar-refractivity contribution in [3.05, 3.63) is 30.0 Å². The Kier molecular flexibility index (Phi) is 4.10. The molecule has 0 atom stereocenters. The van der Waals surface area contributed by atoms with Crippen molar-refractivity contribution in [1.82, 2.24) is 5.32 Å². The molecule has 19 heavy (non-hydrogen) atoms. The van der Waals surface area contributed by atoms with Gasteiger partial charge in [-0.2, -0.15) is 0 Å². The molecule has 0 aliphatic carbocycles. The van der Waals surface area contributed by atoms with E-state index in [-0.39, 0.29) is 5.91 Å². The number of ether oxygens (including phenoxy) is 1. The van der Waals surface area contributed by atoms with Crippen molar-refractivity contribution in [3.63, 3.8) is 0 Å². The molecule has 1 amide bonds. The summed E-state index contributed by atoms with van der Waals surface area (Å²) < 4.78 is 10.9. The van der Waals surface area contributed by atoms with Crippen molar-refractivity contribution in [2.24, 2.45) is 5.92 Å². The van der Waals surface area contributed by atoms with E-state index in [1.165, 1.54) is 0 Å². The number of fused-ring (bicyclic) bond motifs is 1. The SMILES string of the molecule is CCOc1cc(C(=O)NCC(C)C)cc2occc12. The molecule has 102 valence electrons. The number of amides is 1. The summed E-state index contributed by atoms with van der Waals surface area (Å²) in [5.41, 5.74) is 1.23. The smallest absolute Gasteiger partial charge is 0.251 e. The molecule has 4 nitrogen and oxygen atoms in total. The van der Waals surface area contributed by atoms with E-state index in [2.05, 4.69) is 19.2 Å². The van der Waals surface area contributed by atoms with E-state index in [0.717, 1.165) is 5.39 Å². The van der Waals surface area contributed by atoms with Gasteiger partial charge in [-0.1, -0.05) is 13.8 Å². The Morgan fingerprint density at radius 3 is 2.89 bits per heavy atom. The van der Waals surface area contributed by atoms with Crippen molar-refractivity contribution in [3.8, 4) is 5.75 Å². The van der Waals surface area contributed by atoms with Gasteiger partial charge in [0.05, 0.1) is 18.3 Å². The molecule has 0 radical (unpaired) electrons. The van der Waals surface area contributed by atoms with E-state index < -0.39 is 0 Å². The molecule has 4 heteroatoms. The molecule has 0 saturated heterocycles. The van der Waals surface area contributed by atoms with Crippen LogP contribution in [-0.4, -0.2) is 19.1 Å². The van der Waals surface area contributed by atoms with Crippen LogP contribution in [0.3, 0.4) is 0 Å². The van der Waals surface area contributed by atoms with Crippen LogP contribution < -0.4 is 10.1 Å². The summed E-state index contributed by atoms with van der Waals surface area (Å²) in [7, 11) is 0. The predicted octanol–water partition coefficient (Wildman–Crippen LogP) is 3.22. The minimum Gasteiger partial charge on any atom is -0.493 e. The van der Waals surface area contributed by atoms with Crippen molar-refractivity contribution in [2.75, 3.05) is 13.2 Å². The molecule has 2 aromatic rings. The first-order valence-corrected chi connectivity index (χ1v) is 6.54. The highest BCUT2D eigenvalue weighted by atomic mass is 16.5. The van der Waals surface area contributed by atoms with Crippen LogP contribution >= 0.6 is 0 Å². The highest BCUT2D eigenvalue weighted by Crippen LogP contribution is 2.28. The summed E-state index contributed by atoms with van der Waals surface area (Å²) >= 11 is 0. The molecule has 0 unspecified atom stereocenters. The van der Waals surface area contributed by atoms with Gasteiger partial charge in [-0.25, -0.2) is 0 Å². The Morgan fingerprint density at radius 2 is 2.21 bits per heavy atom. The minimum absolute atomic E-state index is 0.104. The first kappa shape index (κ1) is 13.5. The van der Waals surface area contributed by atoms with Crippen LogP contribution in [0.5, 0.6) is 5.75 Å². The zero-order chi connectivity index (χ0) is 13.8. The fourth-order valence-electron chi connectivity index (χ4n) is 1.84. The largest absolute Gasteiger partial charge is 0.493 e. The Labute approximate surface area is 112 Å². The highest BCUT2D eigenvalue weighted by molar-refractivity contribution is 5.99. The van der Waals surface area contributed by atoms with Gasteiger partial charge >= 0.3 is 0 Å². The van der Waals surface area contributed by atoms with Crippen molar-refractivity contribution >= 4 is 16.9 Å². The highest BCUT2D eigenvalue weighted by Gasteiger charge is 2.13. The average molecular weight is 261 g/mol. The standard InChI is InChI=1S/C15H19NO3/c1-4-18-13-7-11(15(17)16-9-10(2)3)8-14-12(13)5-6-19-14/h5-8,10H,4,9H2,1-3H3,(H,16,17). The number of hydrogen-bond donors (Lipinski definition) is 1. The number of hydrogen-bond acceptors (Lipinski definition) is 3. The molecule has 2 rings (SSSR count). The van der Waals surface area contributed by atoms with E-state index in [9.17, 15) is 4.79 Å². The Morgan fingerprint density at radius 1 is 1.42 bits per heavy atom. The van der Waals surface area contributed by atoms with Crippen LogP contribution in [0, 0.1) is 5.92 Å². The van der Waals surface area contributed by atoms with E-state index in [1.807, 2.05) is 13.0 Å². The van der Waals surface area contributed by atoms with Crippen molar-refractivity contribution in [1.29, 1.82) is 0 Å². The lowest BCUT2D eigenvalue weighted by Crippen LogP contribution is -2.27. The average Bonchev–Trinajstić information content (AvgIpc) is 2.84. The number of rotatable bonds is 5. The second-order valence-corrected chi connectivity index (χ2v) is 4.84. The molecule has 0 aliphatic heterocycles. The van der Waals surface area contributed by atoms with Crippen LogP contribution in [0.15, 0.2) is 28.9 Å². The van der Waals surface area contributed by atoms with Crippen LogP contribution in [-0.2, 0) is 0 Å². The van der Waals surface area contributed by atoms with Gasteiger partial charge in [0.15, 0.2) is 0 Å². The van der Waals surface area contributed by atoms with Crippen molar-refractivity contribution < 1.29 is 13.9 Å². The zero-order valence-corrected chi connectivity index (χ0v) is 11.5. The third-order valence-corrected chi connectivity index (χ3v) is 2.77. The molecule has 0 fully saturated rings. The van der Waals surface area contributed by atoms with Gasteiger partial charge in [0.2, 0.25) is 0 Å². The van der Waals surface area contributed by atoms with E-state index in [1.54, 1.807) is 18.4 Å². The van der Waals surface area contributed by atoms with Gasteiger partial charge in [0, 0.05) is 12.1 Å². The van der Waals surface area contributed by atoms with E-state index in [0.29, 0.717) is 36.0 Å². The lowest BCUT2D eigenvalue weighted by molar-refractivity contribution is 0.0948. The number of nitrogens with one attached hydrogen (secondary N) is 1. The monoisotopic (exact) mass is 261 g/mol. The summed E-state index contributed by atoms with van der Waals surface area (Å²) in [5, 5.41) is 3.78. The number of furan rings is 1. The third kappa shape index (κ3) is 3.08. The van der Waals surface area contributed by atoms with E-state index >= 15 is 0 Å². The molecular weight excluding hydrogens is 242 g/mol. The predicted molar refractivity (Wildman–Crippen MR) is 74.6 cm³/mol. The quantitative estimate of drug-likeness (QED) is 0.899. The Hall–Kier alpha value is -1.97. The van der Waals surface area contributed by atoms with E-state index in [4.69, 9.17) is 9.15 Å². The third-order valence-electron chi connectivity index (χ3n) is 2.77. The minimum atomic E-state index is -0.104. The number of carbonyl (C=O) groups is 1. The normalized spacial score (nSPS) is 10.9. The second-order valence-electron chi connectivity index (χ2n) is 4.84. The molecule has 0 aliphatic rings. The molecule has 1 aromatic carbocycles. The fourth-order valence-corrected chi connectivity index (χ4v) is 1.84. The van der Waals surface area contributed by atoms with Crippen LogP contribution in [0.4, 0.5) is 0 Å². The first-order valence-electron chi connectivity index (χ1n) is 6.54. The summed E-state index contributed by atoms with van der Waals surface area (Å²) in [6.45, 7) is 7.23. The molecule has 1 N–H and O–H groups in total. The molecule has 0 bridgehead atoms. The van der Waals surface area contributed by atoms with Gasteiger partial charge in [-0.3, -0.25) is 4.79 Å². The number of benzene rings is 1. The Balaban J connectivity index is 2.30. The maximum Gasteiger partial charge on any atom is 0.251 e.